The van der Waals surface area contributed by atoms with Crippen LogP contribution in [0, 0.1) is 5.92 Å². The molecule has 0 spiro atoms. The van der Waals surface area contributed by atoms with E-state index < -0.39 is 0 Å². The van der Waals surface area contributed by atoms with Crippen LogP contribution in [0.1, 0.15) is 24.3 Å². The van der Waals surface area contributed by atoms with E-state index in [1.54, 1.807) is 11.3 Å². The van der Waals surface area contributed by atoms with Crippen molar-refractivity contribution in [1.29, 1.82) is 0 Å². The number of nitrogens with one attached hydrogen (secondary N) is 1. The summed E-state index contributed by atoms with van der Waals surface area (Å²) in [6.45, 7) is 4.87. The number of ether oxygens (including phenoxy) is 1. The topological polar surface area (TPSA) is 47.3 Å². The van der Waals surface area contributed by atoms with Crippen molar-refractivity contribution in [3.63, 3.8) is 0 Å². The average Bonchev–Trinajstić information content (AvgIpc) is 2.95. The van der Waals surface area contributed by atoms with E-state index in [2.05, 4.69) is 23.7 Å². The van der Waals surface area contributed by atoms with Crippen LogP contribution in [-0.4, -0.2) is 25.8 Å². The number of hydrogen-bond donors (Lipinski definition) is 2. The summed E-state index contributed by atoms with van der Waals surface area (Å²) in [5.74, 6) is 0.649. The minimum atomic E-state index is 0.116. The molecule has 2 rings (SSSR count). The molecule has 1 aromatic rings. The van der Waals surface area contributed by atoms with Gasteiger partial charge in [0.2, 0.25) is 0 Å². The Balaban J connectivity index is 1.74. The fourth-order valence-corrected chi connectivity index (χ4v) is 2.76. The minimum absolute atomic E-state index is 0.116. The quantitative estimate of drug-likeness (QED) is 0.824. The van der Waals surface area contributed by atoms with Crippen LogP contribution in [-0.2, 0) is 4.74 Å². The number of nitrogens with two attached hydrogens (primary N) is 1. The predicted molar refractivity (Wildman–Crippen MR) is 67.6 cm³/mol. The Morgan fingerprint density at radius 1 is 1.69 bits per heavy atom. The standard InChI is InChI=1S/C12H20N2OS/c1-9(10-4-5-15-8-10)14-7-11(13)12-3-2-6-16-12/h2-3,6,9-11,14H,4-5,7-8,13H2,1H3. The highest BCUT2D eigenvalue weighted by atomic mass is 32.1. The maximum atomic E-state index is 6.10. The normalized spacial score (nSPS) is 24.5. The smallest absolute Gasteiger partial charge is 0.0516 e. The van der Waals surface area contributed by atoms with Crippen molar-refractivity contribution in [3.8, 4) is 0 Å². The van der Waals surface area contributed by atoms with E-state index in [4.69, 9.17) is 10.5 Å². The highest BCUT2D eigenvalue weighted by Crippen LogP contribution is 2.18. The van der Waals surface area contributed by atoms with Crippen molar-refractivity contribution in [2.75, 3.05) is 19.8 Å². The maximum Gasteiger partial charge on any atom is 0.0516 e. The van der Waals surface area contributed by atoms with Gasteiger partial charge in [0.05, 0.1) is 12.6 Å². The molecule has 1 saturated heterocycles. The zero-order chi connectivity index (χ0) is 11.4. The van der Waals surface area contributed by atoms with Crippen LogP contribution >= 0.6 is 11.3 Å². The van der Waals surface area contributed by atoms with Gasteiger partial charge in [-0.3, -0.25) is 0 Å². The van der Waals surface area contributed by atoms with E-state index in [1.807, 2.05) is 6.07 Å². The molecule has 3 nitrogen and oxygen atoms in total. The molecule has 90 valence electrons. The van der Waals surface area contributed by atoms with Gasteiger partial charge in [-0.1, -0.05) is 6.07 Å². The Labute approximate surface area is 101 Å². The van der Waals surface area contributed by atoms with Crippen molar-refractivity contribution >= 4 is 11.3 Å². The van der Waals surface area contributed by atoms with Gasteiger partial charge in [0.25, 0.3) is 0 Å². The molecular weight excluding hydrogens is 220 g/mol. The number of hydrogen-bond acceptors (Lipinski definition) is 4. The first-order valence-electron chi connectivity index (χ1n) is 5.87. The van der Waals surface area contributed by atoms with Crippen LogP contribution in [0.15, 0.2) is 17.5 Å². The summed E-state index contributed by atoms with van der Waals surface area (Å²) in [5.41, 5.74) is 6.10. The summed E-state index contributed by atoms with van der Waals surface area (Å²) in [6, 6.07) is 4.76. The molecule has 1 aliphatic rings. The number of thiophene rings is 1. The molecule has 3 unspecified atom stereocenters. The minimum Gasteiger partial charge on any atom is -0.381 e. The van der Waals surface area contributed by atoms with Gasteiger partial charge in [-0.25, -0.2) is 0 Å². The maximum absolute atomic E-state index is 6.10. The molecule has 0 aromatic carbocycles. The first-order valence-corrected chi connectivity index (χ1v) is 6.75. The first-order chi connectivity index (χ1) is 7.77. The third-order valence-corrected chi connectivity index (χ3v) is 4.24. The fraction of sp³-hybridized carbons (Fsp3) is 0.667. The summed E-state index contributed by atoms with van der Waals surface area (Å²) < 4.78 is 5.39. The molecule has 2 heterocycles. The molecule has 4 heteroatoms. The monoisotopic (exact) mass is 240 g/mol. The second-order valence-corrected chi connectivity index (χ2v) is 5.42. The molecule has 3 N–H and O–H groups in total. The molecule has 0 aliphatic carbocycles. The van der Waals surface area contributed by atoms with Crippen molar-refractivity contribution in [1.82, 2.24) is 5.32 Å². The molecular formula is C12H20N2OS. The summed E-state index contributed by atoms with van der Waals surface area (Å²) in [7, 11) is 0. The van der Waals surface area contributed by atoms with Crippen molar-refractivity contribution in [2.24, 2.45) is 11.7 Å². The lowest BCUT2D eigenvalue weighted by atomic mass is 10.0. The van der Waals surface area contributed by atoms with Gasteiger partial charge in [0, 0.05) is 24.1 Å². The van der Waals surface area contributed by atoms with Gasteiger partial charge in [0.1, 0.15) is 0 Å². The molecule has 1 aliphatic heterocycles. The fourth-order valence-electron chi connectivity index (χ4n) is 2.03. The largest absolute Gasteiger partial charge is 0.381 e. The Bertz CT molecular complexity index is 296. The van der Waals surface area contributed by atoms with Crippen LogP contribution in [0.5, 0.6) is 0 Å². The SMILES string of the molecule is CC(NCC(N)c1cccs1)C1CCOC1. The molecule has 0 radical (unpaired) electrons. The van der Waals surface area contributed by atoms with E-state index in [-0.39, 0.29) is 6.04 Å². The van der Waals surface area contributed by atoms with Gasteiger partial charge in [0.15, 0.2) is 0 Å². The zero-order valence-corrected chi connectivity index (χ0v) is 10.5. The molecule has 1 aromatic heterocycles. The molecule has 0 bridgehead atoms. The van der Waals surface area contributed by atoms with E-state index in [0.29, 0.717) is 12.0 Å². The van der Waals surface area contributed by atoms with Crippen LogP contribution in [0.25, 0.3) is 0 Å². The van der Waals surface area contributed by atoms with E-state index in [9.17, 15) is 0 Å². The Morgan fingerprint density at radius 3 is 3.19 bits per heavy atom. The average molecular weight is 240 g/mol. The Morgan fingerprint density at radius 2 is 2.56 bits per heavy atom. The lowest BCUT2D eigenvalue weighted by Crippen LogP contribution is -2.38. The lowest BCUT2D eigenvalue weighted by molar-refractivity contribution is 0.178. The highest BCUT2D eigenvalue weighted by Gasteiger charge is 2.22. The zero-order valence-electron chi connectivity index (χ0n) is 9.69. The van der Waals surface area contributed by atoms with Gasteiger partial charge in [-0.2, -0.15) is 0 Å². The summed E-state index contributed by atoms with van der Waals surface area (Å²) in [5, 5.41) is 5.59. The van der Waals surface area contributed by atoms with Gasteiger partial charge < -0.3 is 15.8 Å². The van der Waals surface area contributed by atoms with E-state index in [0.717, 1.165) is 19.8 Å². The first kappa shape index (κ1) is 12.0. The molecule has 0 amide bonds. The Hall–Kier alpha value is -0.420. The highest BCUT2D eigenvalue weighted by molar-refractivity contribution is 7.10. The van der Waals surface area contributed by atoms with Gasteiger partial charge in [-0.05, 0) is 30.7 Å². The summed E-state index contributed by atoms with van der Waals surface area (Å²) >= 11 is 1.73. The number of rotatable bonds is 5. The molecule has 3 atom stereocenters. The van der Waals surface area contributed by atoms with Crippen LogP contribution in [0.4, 0.5) is 0 Å². The molecule has 16 heavy (non-hydrogen) atoms. The van der Waals surface area contributed by atoms with Crippen LogP contribution < -0.4 is 11.1 Å². The van der Waals surface area contributed by atoms with E-state index >= 15 is 0 Å². The van der Waals surface area contributed by atoms with Crippen LogP contribution in [0.2, 0.25) is 0 Å². The lowest BCUT2D eigenvalue weighted by Gasteiger charge is -2.21. The van der Waals surface area contributed by atoms with Crippen molar-refractivity contribution in [3.05, 3.63) is 22.4 Å². The van der Waals surface area contributed by atoms with Gasteiger partial charge in [-0.15, -0.1) is 11.3 Å². The second kappa shape index (κ2) is 5.77. The second-order valence-electron chi connectivity index (χ2n) is 4.44. The third-order valence-electron chi connectivity index (χ3n) is 3.24. The summed E-state index contributed by atoms with van der Waals surface area (Å²) in [6.07, 6.45) is 1.17. The van der Waals surface area contributed by atoms with Crippen molar-refractivity contribution in [2.45, 2.75) is 25.4 Å². The molecule has 1 fully saturated rings. The van der Waals surface area contributed by atoms with E-state index in [1.165, 1.54) is 11.3 Å². The summed E-state index contributed by atoms with van der Waals surface area (Å²) in [4.78, 5) is 1.25. The molecule has 0 saturated carbocycles. The van der Waals surface area contributed by atoms with Crippen LogP contribution in [0.3, 0.4) is 0 Å². The Kier molecular flexibility index (Phi) is 4.35. The van der Waals surface area contributed by atoms with Gasteiger partial charge >= 0.3 is 0 Å². The third kappa shape index (κ3) is 3.04. The van der Waals surface area contributed by atoms with Crippen molar-refractivity contribution < 1.29 is 4.74 Å². The predicted octanol–water partition coefficient (Wildman–Crippen LogP) is 1.76.